The van der Waals surface area contributed by atoms with Crippen LogP contribution in [0.2, 0.25) is 0 Å². The van der Waals surface area contributed by atoms with Crippen LogP contribution in [-0.2, 0) is 4.74 Å². The Morgan fingerprint density at radius 3 is 1.80 bits per heavy atom. The van der Waals surface area contributed by atoms with Crippen LogP contribution in [0.15, 0.2) is 24.3 Å². The molecular formula is C19H36O. The van der Waals surface area contributed by atoms with E-state index < -0.39 is 0 Å². The van der Waals surface area contributed by atoms with Gasteiger partial charge in [0.25, 0.3) is 0 Å². The van der Waals surface area contributed by atoms with Gasteiger partial charge in [-0.05, 0) is 38.5 Å². The molecule has 0 fully saturated rings. The largest absolute Gasteiger partial charge is 0.385 e. The van der Waals surface area contributed by atoms with Gasteiger partial charge >= 0.3 is 0 Å². The minimum Gasteiger partial charge on any atom is -0.385 e. The van der Waals surface area contributed by atoms with E-state index in [-0.39, 0.29) is 0 Å². The van der Waals surface area contributed by atoms with Gasteiger partial charge in [0.1, 0.15) is 0 Å². The van der Waals surface area contributed by atoms with E-state index in [9.17, 15) is 0 Å². The predicted molar refractivity (Wildman–Crippen MR) is 91.2 cm³/mol. The van der Waals surface area contributed by atoms with Crippen LogP contribution in [0.1, 0.15) is 84.0 Å². The highest BCUT2D eigenvalue weighted by Gasteiger charge is 1.90. The van der Waals surface area contributed by atoms with Crippen LogP contribution in [0.4, 0.5) is 0 Å². The fourth-order valence-electron chi connectivity index (χ4n) is 2.23. The molecule has 0 heterocycles. The second-order valence-electron chi connectivity index (χ2n) is 5.58. The molecule has 0 saturated heterocycles. The minimum atomic E-state index is 0.925. The molecule has 0 aromatic carbocycles. The average Bonchev–Trinajstić information content (AvgIpc) is 2.47. The maximum atomic E-state index is 5.05. The lowest BCUT2D eigenvalue weighted by Gasteiger charge is -2.00. The van der Waals surface area contributed by atoms with Crippen LogP contribution in [0.5, 0.6) is 0 Å². The van der Waals surface area contributed by atoms with Gasteiger partial charge in [0, 0.05) is 13.7 Å². The van der Waals surface area contributed by atoms with Crippen LogP contribution in [-0.4, -0.2) is 13.7 Å². The van der Waals surface area contributed by atoms with Crippen molar-refractivity contribution in [2.45, 2.75) is 84.0 Å². The first-order valence-corrected chi connectivity index (χ1v) is 8.70. The van der Waals surface area contributed by atoms with Gasteiger partial charge < -0.3 is 4.74 Å². The van der Waals surface area contributed by atoms with E-state index in [1.54, 1.807) is 7.11 Å². The van der Waals surface area contributed by atoms with Gasteiger partial charge in [0.05, 0.1) is 0 Å². The fourth-order valence-corrected chi connectivity index (χ4v) is 2.23. The average molecular weight is 280 g/mol. The summed E-state index contributed by atoms with van der Waals surface area (Å²) in [6.07, 6.45) is 25.0. The van der Waals surface area contributed by atoms with Crippen molar-refractivity contribution in [3.63, 3.8) is 0 Å². The molecule has 118 valence electrons. The van der Waals surface area contributed by atoms with E-state index in [2.05, 4.69) is 31.2 Å². The van der Waals surface area contributed by atoms with Gasteiger partial charge in [0.15, 0.2) is 0 Å². The first-order valence-electron chi connectivity index (χ1n) is 8.70. The summed E-state index contributed by atoms with van der Waals surface area (Å²) < 4.78 is 5.05. The molecule has 0 saturated carbocycles. The molecule has 0 rings (SSSR count). The summed E-state index contributed by atoms with van der Waals surface area (Å²) in [5.74, 6) is 0. The highest BCUT2D eigenvalue weighted by atomic mass is 16.5. The first-order chi connectivity index (χ1) is 9.91. The standard InChI is InChI=1S/C19H36O/c1-3-4-5-6-7-8-9-10-11-12-13-14-15-16-17-18-19-20-2/h7-8,10-11H,3-6,9,12-19H2,1-2H3/b8-7-,11-10-. The molecule has 0 aliphatic heterocycles. The molecule has 20 heavy (non-hydrogen) atoms. The summed E-state index contributed by atoms with van der Waals surface area (Å²) in [5, 5.41) is 0. The van der Waals surface area contributed by atoms with Crippen molar-refractivity contribution in [2.75, 3.05) is 13.7 Å². The molecule has 1 heteroatoms. The summed E-state index contributed by atoms with van der Waals surface area (Å²) in [6, 6.07) is 0. The zero-order chi connectivity index (χ0) is 14.7. The highest BCUT2D eigenvalue weighted by molar-refractivity contribution is 4.92. The van der Waals surface area contributed by atoms with Gasteiger partial charge in [0.2, 0.25) is 0 Å². The lowest BCUT2D eigenvalue weighted by Crippen LogP contribution is -1.88. The summed E-state index contributed by atoms with van der Waals surface area (Å²) >= 11 is 0. The van der Waals surface area contributed by atoms with Crippen LogP contribution < -0.4 is 0 Å². The Hall–Kier alpha value is -0.560. The fraction of sp³-hybridized carbons (Fsp3) is 0.789. The van der Waals surface area contributed by atoms with E-state index in [0.717, 1.165) is 13.0 Å². The quantitative estimate of drug-likeness (QED) is 0.247. The number of methoxy groups -OCH3 is 1. The van der Waals surface area contributed by atoms with Gasteiger partial charge in [-0.15, -0.1) is 0 Å². The zero-order valence-electron chi connectivity index (χ0n) is 13.9. The number of unbranched alkanes of at least 4 members (excludes halogenated alkanes) is 9. The number of hydrogen-bond acceptors (Lipinski definition) is 1. The van der Waals surface area contributed by atoms with E-state index in [4.69, 9.17) is 4.74 Å². The Labute approximate surface area is 127 Å². The molecule has 0 spiro atoms. The Morgan fingerprint density at radius 2 is 1.20 bits per heavy atom. The molecule has 1 nitrogen and oxygen atoms in total. The van der Waals surface area contributed by atoms with Gasteiger partial charge in [-0.2, -0.15) is 0 Å². The van der Waals surface area contributed by atoms with Crippen LogP contribution in [0, 0.1) is 0 Å². The second kappa shape index (κ2) is 18.4. The maximum absolute atomic E-state index is 5.05. The second-order valence-corrected chi connectivity index (χ2v) is 5.58. The Kier molecular flexibility index (Phi) is 17.9. The van der Waals surface area contributed by atoms with Crippen molar-refractivity contribution in [3.05, 3.63) is 24.3 Å². The van der Waals surface area contributed by atoms with Crippen molar-refractivity contribution in [3.8, 4) is 0 Å². The van der Waals surface area contributed by atoms with Crippen LogP contribution >= 0.6 is 0 Å². The highest BCUT2D eigenvalue weighted by Crippen LogP contribution is 2.08. The molecule has 0 aliphatic rings. The third-order valence-electron chi connectivity index (χ3n) is 3.55. The Balaban J connectivity index is 3.12. The normalized spacial score (nSPS) is 11.9. The Bertz CT molecular complexity index is 218. The third-order valence-corrected chi connectivity index (χ3v) is 3.55. The van der Waals surface area contributed by atoms with E-state index in [0.29, 0.717) is 0 Å². The summed E-state index contributed by atoms with van der Waals surface area (Å²) in [7, 11) is 1.78. The minimum absolute atomic E-state index is 0.925. The third kappa shape index (κ3) is 17.4. The zero-order valence-corrected chi connectivity index (χ0v) is 13.9. The number of hydrogen-bond donors (Lipinski definition) is 0. The van der Waals surface area contributed by atoms with Crippen LogP contribution in [0.25, 0.3) is 0 Å². The summed E-state index contributed by atoms with van der Waals surface area (Å²) in [4.78, 5) is 0. The lowest BCUT2D eigenvalue weighted by molar-refractivity contribution is 0.192. The molecule has 0 radical (unpaired) electrons. The van der Waals surface area contributed by atoms with Crippen molar-refractivity contribution in [2.24, 2.45) is 0 Å². The molecule has 0 aromatic rings. The van der Waals surface area contributed by atoms with Crippen molar-refractivity contribution in [1.29, 1.82) is 0 Å². The molecule has 0 bridgehead atoms. The first kappa shape index (κ1) is 19.4. The van der Waals surface area contributed by atoms with E-state index in [1.165, 1.54) is 70.6 Å². The molecule has 0 aliphatic carbocycles. The van der Waals surface area contributed by atoms with Crippen molar-refractivity contribution >= 4 is 0 Å². The molecule has 0 unspecified atom stereocenters. The SMILES string of the molecule is CCCCC/C=C\C/C=C\CCCCCCCCOC. The molecule has 0 N–H and O–H groups in total. The van der Waals surface area contributed by atoms with Gasteiger partial charge in [-0.1, -0.05) is 69.8 Å². The van der Waals surface area contributed by atoms with Crippen LogP contribution in [0.3, 0.4) is 0 Å². The Morgan fingerprint density at radius 1 is 0.650 bits per heavy atom. The molecule has 0 atom stereocenters. The summed E-state index contributed by atoms with van der Waals surface area (Å²) in [5.41, 5.74) is 0. The molecule has 0 aromatic heterocycles. The molecular weight excluding hydrogens is 244 g/mol. The smallest absolute Gasteiger partial charge is 0.0462 e. The maximum Gasteiger partial charge on any atom is 0.0462 e. The van der Waals surface area contributed by atoms with Gasteiger partial charge in [-0.25, -0.2) is 0 Å². The number of rotatable bonds is 15. The summed E-state index contributed by atoms with van der Waals surface area (Å²) in [6.45, 7) is 3.18. The van der Waals surface area contributed by atoms with Crippen molar-refractivity contribution in [1.82, 2.24) is 0 Å². The lowest BCUT2D eigenvalue weighted by atomic mass is 10.1. The van der Waals surface area contributed by atoms with Crippen molar-refractivity contribution < 1.29 is 4.74 Å². The molecule has 0 amide bonds. The van der Waals surface area contributed by atoms with E-state index >= 15 is 0 Å². The number of allylic oxidation sites excluding steroid dienone is 4. The monoisotopic (exact) mass is 280 g/mol. The topological polar surface area (TPSA) is 9.23 Å². The van der Waals surface area contributed by atoms with E-state index in [1.807, 2.05) is 0 Å². The predicted octanol–water partition coefficient (Wildman–Crippen LogP) is 6.45. The van der Waals surface area contributed by atoms with Gasteiger partial charge in [-0.3, -0.25) is 0 Å². The number of ether oxygens (including phenoxy) is 1.